The molecule has 0 amide bonds. The van der Waals surface area contributed by atoms with Gasteiger partial charge in [0.1, 0.15) is 5.75 Å². The average molecular weight is 195 g/mol. The maximum Gasteiger partial charge on any atom is 0.569 e. The molecule has 14 heavy (non-hydrogen) atoms. The summed E-state index contributed by atoms with van der Waals surface area (Å²) in [6, 6.07) is 4.76. The van der Waals surface area contributed by atoms with Gasteiger partial charge in [-0.15, -0.1) is 0 Å². The SMILES string of the molecule is CCCCc1ccc(O[B]O)c(F)c1. The first kappa shape index (κ1) is 11.1. The van der Waals surface area contributed by atoms with E-state index in [9.17, 15) is 4.39 Å². The lowest BCUT2D eigenvalue weighted by molar-refractivity contribution is 0.431. The summed E-state index contributed by atoms with van der Waals surface area (Å²) in [7, 11) is 0.476. The van der Waals surface area contributed by atoms with Crippen LogP contribution in [0.2, 0.25) is 0 Å². The fraction of sp³-hybridized carbons (Fsp3) is 0.400. The van der Waals surface area contributed by atoms with Crippen molar-refractivity contribution in [1.29, 1.82) is 0 Å². The second-order valence-corrected chi connectivity index (χ2v) is 3.09. The Morgan fingerprint density at radius 3 is 2.86 bits per heavy atom. The third-order valence-electron chi connectivity index (χ3n) is 1.99. The number of hydrogen-bond donors (Lipinski definition) is 1. The Morgan fingerprint density at radius 2 is 2.29 bits per heavy atom. The van der Waals surface area contributed by atoms with Crippen molar-refractivity contribution < 1.29 is 14.1 Å². The van der Waals surface area contributed by atoms with E-state index >= 15 is 0 Å². The van der Waals surface area contributed by atoms with Crippen LogP contribution in [-0.4, -0.2) is 12.7 Å². The molecule has 0 saturated carbocycles. The van der Waals surface area contributed by atoms with E-state index < -0.39 is 5.82 Å². The molecule has 2 nitrogen and oxygen atoms in total. The number of benzene rings is 1. The fourth-order valence-electron chi connectivity index (χ4n) is 1.23. The van der Waals surface area contributed by atoms with E-state index in [2.05, 4.69) is 11.6 Å². The number of unbranched alkanes of at least 4 members (excludes halogenated alkanes) is 1. The molecule has 0 aliphatic heterocycles. The van der Waals surface area contributed by atoms with Gasteiger partial charge in [0.2, 0.25) is 0 Å². The molecule has 0 spiro atoms. The molecule has 0 heterocycles. The zero-order valence-corrected chi connectivity index (χ0v) is 8.16. The van der Waals surface area contributed by atoms with Crippen LogP contribution in [0.5, 0.6) is 5.75 Å². The summed E-state index contributed by atoms with van der Waals surface area (Å²) in [5, 5.41) is 8.34. The van der Waals surface area contributed by atoms with Crippen LogP contribution in [0.15, 0.2) is 18.2 Å². The second kappa shape index (κ2) is 5.65. The van der Waals surface area contributed by atoms with Gasteiger partial charge in [-0.05, 0) is 30.5 Å². The number of halogens is 1. The van der Waals surface area contributed by atoms with Crippen LogP contribution in [0, 0.1) is 5.82 Å². The summed E-state index contributed by atoms with van der Waals surface area (Å²) in [5.41, 5.74) is 0.953. The van der Waals surface area contributed by atoms with Crippen molar-refractivity contribution in [3.05, 3.63) is 29.6 Å². The smallest absolute Gasteiger partial charge is 0.535 e. The topological polar surface area (TPSA) is 29.5 Å². The molecule has 1 radical (unpaired) electrons. The highest BCUT2D eigenvalue weighted by Crippen LogP contribution is 2.18. The Bertz CT molecular complexity index is 291. The summed E-state index contributed by atoms with van der Waals surface area (Å²) in [5.74, 6) is -0.392. The minimum atomic E-state index is -0.441. The molecule has 0 unspecified atom stereocenters. The van der Waals surface area contributed by atoms with E-state index in [1.807, 2.05) is 0 Å². The third kappa shape index (κ3) is 3.03. The van der Waals surface area contributed by atoms with Gasteiger partial charge in [0.05, 0.1) is 0 Å². The van der Waals surface area contributed by atoms with Crippen molar-refractivity contribution >= 4 is 7.69 Å². The van der Waals surface area contributed by atoms with Crippen LogP contribution < -0.4 is 4.65 Å². The molecule has 1 rings (SSSR count). The van der Waals surface area contributed by atoms with Gasteiger partial charge < -0.3 is 9.68 Å². The van der Waals surface area contributed by atoms with E-state index in [4.69, 9.17) is 5.02 Å². The third-order valence-corrected chi connectivity index (χ3v) is 1.99. The molecule has 0 aromatic heterocycles. The normalized spacial score (nSPS) is 9.93. The fourth-order valence-corrected chi connectivity index (χ4v) is 1.23. The predicted octanol–water partition coefficient (Wildman–Crippen LogP) is 2.07. The van der Waals surface area contributed by atoms with Crippen molar-refractivity contribution in [1.82, 2.24) is 0 Å². The minimum Gasteiger partial charge on any atom is -0.535 e. The minimum absolute atomic E-state index is 0.0488. The van der Waals surface area contributed by atoms with E-state index in [-0.39, 0.29) is 5.75 Å². The van der Waals surface area contributed by atoms with Gasteiger partial charge in [0.25, 0.3) is 0 Å². The quantitative estimate of drug-likeness (QED) is 0.728. The molecule has 0 aliphatic rings. The van der Waals surface area contributed by atoms with Crippen LogP contribution in [0.3, 0.4) is 0 Å². The summed E-state index contributed by atoms with van der Waals surface area (Å²) < 4.78 is 17.8. The summed E-state index contributed by atoms with van der Waals surface area (Å²) in [6.45, 7) is 2.09. The highest BCUT2D eigenvalue weighted by atomic mass is 19.1. The van der Waals surface area contributed by atoms with E-state index in [0.29, 0.717) is 7.69 Å². The molecule has 1 aromatic carbocycles. The van der Waals surface area contributed by atoms with E-state index in [1.54, 1.807) is 6.07 Å². The van der Waals surface area contributed by atoms with Gasteiger partial charge in [-0.25, -0.2) is 4.39 Å². The Kier molecular flexibility index (Phi) is 4.46. The molecule has 1 N–H and O–H groups in total. The van der Waals surface area contributed by atoms with Crippen LogP contribution in [0.4, 0.5) is 4.39 Å². The Labute approximate surface area is 84.0 Å². The summed E-state index contributed by atoms with van der Waals surface area (Å²) >= 11 is 0. The number of rotatable bonds is 5. The molecule has 0 aliphatic carbocycles. The molecule has 4 heteroatoms. The van der Waals surface area contributed by atoms with Gasteiger partial charge in [-0.2, -0.15) is 0 Å². The zero-order valence-electron chi connectivity index (χ0n) is 8.16. The first-order valence-corrected chi connectivity index (χ1v) is 4.69. The average Bonchev–Trinajstić information content (AvgIpc) is 2.19. The first-order chi connectivity index (χ1) is 6.77. The lowest BCUT2D eigenvalue weighted by Gasteiger charge is -2.05. The lowest BCUT2D eigenvalue weighted by atomic mass is 10.1. The van der Waals surface area contributed by atoms with Crippen LogP contribution in [-0.2, 0) is 6.42 Å². The molecule has 1 aromatic rings. The maximum absolute atomic E-state index is 13.2. The van der Waals surface area contributed by atoms with Crippen molar-refractivity contribution in [2.75, 3.05) is 0 Å². The van der Waals surface area contributed by atoms with Crippen molar-refractivity contribution in [2.24, 2.45) is 0 Å². The molecule has 75 valence electrons. The maximum atomic E-state index is 13.2. The van der Waals surface area contributed by atoms with Gasteiger partial charge in [0, 0.05) is 0 Å². The first-order valence-electron chi connectivity index (χ1n) is 4.69. The zero-order chi connectivity index (χ0) is 10.4. The highest BCUT2D eigenvalue weighted by molar-refractivity contribution is 6.17. The van der Waals surface area contributed by atoms with Crippen molar-refractivity contribution in [3.8, 4) is 5.75 Å². The molecular formula is C10H13BFO2. The predicted molar refractivity (Wildman–Crippen MR) is 53.6 cm³/mol. The molecule has 0 bridgehead atoms. The van der Waals surface area contributed by atoms with Gasteiger partial charge >= 0.3 is 7.69 Å². The molecular weight excluding hydrogens is 182 g/mol. The van der Waals surface area contributed by atoms with Crippen LogP contribution >= 0.6 is 0 Å². The number of aryl methyl sites for hydroxylation is 1. The van der Waals surface area contributed by atoms with Gasteiger partial charge in [-0.1, -0.05) is 19.4 Å². The van der Waals surface area contributed by atoms with E-state index in [0.717, 1.165) is 24.8 Å². The molecule has 0 atom stereocenters. The van der Waals surface area contributed by atoms with Gasteiger partial charge in [-0.3, -0.25) is 0 Å². The molecule has 0 saturated heterocycles. The van der Waals surface area contributed by atoms with E-state index in [1.165, 1.54) is 12.1 Å². The van der Waals surface area contributed by atoms with Crippen LogP contribution in [0.25, 0.3) is 0 Å². The van der Waals surface area contributed by atoms with Crippen LogP contribution in [0.1, 0.15) is 25.3 Å². The standard InChI is InChI=1S/C10H13BFO2/c1-2-3-4-8-5-6-10(14-11-13)9(12)7-8/h5-7,13H,2-4H2,1H3. The summed E-state index contributed by atoms with van der Waals surface area (Å²) in [4.78, 5) is 0. The van der Waals surface area contributed by atoms with Crippen molar-refractivity contribution in [3.63, 3.8) is 0 Å². The Hall–Kier alpha value is -1.03. The van der Waals surface area contributed by atoms with Gasteiger partial charge in [0.15, 0.2) is 5.82 Å². The Morgan fingerprint density at radius 1 is 1.50 bits per heavy atom. The Balaban J connectivity index is 2.68. The molecule has 0 fully saturated rings. The highest BCUT2D eigenvalue weighted by Gasteiger charge is 2.04. The number of hydrogen-bond acceptors (Lipinski definition) is 2. The second-order valence-electron chi connectivity index (χ2n) is 3.09. The monoisotopic (exact) mass is 195 g/mol. The lowest BCUT2D eigenvalue weighted by Crippen LogP contribution is -2.02. The largest absolute Gasteiger partial charge is 0.569 e. The van der Waals surface area contributed by atoms with Crippen molar-refractivity contribution in [2.45, 2.75) is 26.2 Å². The summed E-state index contributed by atoms with van der Waals surface area (Å²) in [6.07, 6.45) is 3.01.